The van der Waals surface area contributed by atoms with Gasteiger partial charge in [-0.25, -0.2) is 9.59 Å². The molecule has 2 aromatic rings. The Kier molecular flexibility index (Phi) is 6.49. The average Bonchev–Trinajstić information content (AvgIpc) is 3.03. The van der Waals surface area contributed by atoms with E-state index in [4.69, 9.17) is 4.74 Å². The van der Waals surface area contributed by atoms with Crippen molar-refractivity contribution >= 4 is 18.0 Å². The maximum absolute atomic E-state index is 12.2. The van der Waals surface area contributed by atoms with Gasteiger partial charge in [-0.1, -0.05) is 48.5 Å². The number of carbonyl (C=O) groups excluding carboxylic acids is 2. The minimum Gasteiger partial charge on any atom is -0.480 e. The van der Waals surface area contributed by atoms with Crippen molar-refractivity contribution < 1.29 is 24.2 Å². The molecule has 1 aliphatic rings. The van der Waals surface area contributed by atoms with Crippen molar-refractivity contribution in [1.29, 1.82) is 0 Å². The normalized spacial score (nSPS) is 13.1. The van der Waals surface area contributed by atoms with Crippen LogP contribution >= 0.6 is 0 Å². The van der Waals surface area contributed by atoms with Crippen LogP contribution in [0.25, 0.3) is 11.1 Å². The van der Waals surface area contributed by atoms with Gasteiger partial charge in [-0.2, -0.15) is 0 Å². The Hall–Kier alpha value is -3.35. The molecule has 7 heteroatoms. The number of amides is 2. The Morgan fingerprint density at radius 2 is 1.62 bits per heavy atom. The summed E-state index contributed by atoms with van der Waals surface area (Å²) in [6, 6.07) is 14.7. The van der Waals surface area contributed by atoms with E-state index in [1.165, 1.54) is 0 Å². The van der Waals surface area contributed by atoms with Crippen LogP contribution < -0.4 is 10.6 Å². The number of carbonyl (C=O) groups is 3. The third-order valence-corrected chi connectivity index (χ3v) is 4.97. The van der Waals surface area contributed by atoms with Crippen LogP contribution in [0.15, 0.2) is 48.5 Å². The predicted molar refractivity (Wildman–Crippen MR) is 108 cm³/mol. The minimum absolute atomic E-state index is 0.00840. The summed E-state index contributed by atoms with van der Waals surface area (Å²) in [6.45, 7) is 2.35. The molecule has 0 heterocycles. The molecule has 7 nitrogen and oxygen atoms in total. The molecule has 0 saturated heterocycles. The first-order chi connectivity index (χ1) is 14.0. The molecule has 0 spiro atoms. The Morgan fingerprint density at radius 1 is 1.03 bits per heavy atom. The summed E-state index contributed by atoms with van der Waals surface area (Å²) in [5.41, 5.74) is 4.38. The number of aliphatic carboxylic acids is 1. The molecule has 152 valence electrons. The van der Waals surface area contributed by atoms with E-state index in [0.717, 1.165) is 22.3 Å². The molecule has 0 bridgehead atoms. The number of alkyl carbamates (subject to hydrolysis) is 1. The third kappa shape index (κ3) is 4.74. The number of ether oxygens (including phenoxy) is 1. The summed E-state index contributed by atoms with van der Waals surface area (Å²) in [6.07, 6.45) is -0.810. The van der Waals surface area contributed by atoms with Crippen molar-refractivity contribution in [2.45, 2.75) is 31.7 Å². The molecule has 2 amide bonds. The fourth-order valence-corrected chi connectivity index (χ4v) is 3.60. The van der Waals surface area contributed by atoms with Crippen molar-refractivity contribution in [3.8, 4) is 11.1 Å². The molecule has 0 saturated carbocycles. The van der Waals surface area contributed by atoms with E-state index >= 15 is 0 Å². The Balaban J connectivity index is 1.61. The zero-order valence-electron chi connectivity index (χ0n) is 16.2. The molecule has 0 radical (unpaired) electrons. The van der Waals surface area contributed by atoms with Crippen molar-refractivity contribution in [3.63, 3.8) is 0 Å². The van der Waals surface area contributed by atoms with Crippen LogP contribution in [0.2, 0.25) is 0 Å². The summed E-state index contributed by atoms with van der Waals surface area (Å²) in [4.78, 5) is 35.1. The average molecular weight is 396 g/mol. The van der Waals surface area contributed by atoms with Crippen LogP contribution in [0.5, 0.6) is 0 Å². The summed E-state index contributed by atoms with van der Waals surface area (Å²) in [5, 5.41) is 14.2. The Labute approximate surface area is 169 Å². The molecule has 0 fully saturated rings. The molecule has 3 N–H and O–H groups in total. The topological polar surface area (TPSA) is 105 Å². The first-order valence-electron chi connectivity index (χ1n) is 9.62. The number of rotatable bonds is 8. The van der Waals surface area contributed by atoms with Gasteiger partial charge in [0.05, 0.1) is 0 Å². The monoisotopic (exact) mass is 396 g/mol. The second-order valence-electron chi connectivity index (χ2n) is 6.85. The highest BCUT2D eigenvalue weighted by molar-refractivity contribution is 5.82. The van der Waals surface area contributed by atoms with E-state index < -0.39 is 18.1 Å². The van der Waals surface area contributed by atoms with Crippen molar-refractivity contribution in [3.05, 3.63) is 59.7 Å². The Bertz CT molecular complexity index is 866. The van der Waals surface area contributed by atoms with Gasteiger partial charge in [0.15, 0.2) is 0 Å². The molecule has 0 aromatic heterocycles. The minimum atomic E-state index is -1.21. The summed E-state index contributed by atoms with van der Waals surface area (Å²) < 4.78 is 5.36. The number of hydrogen-bond donors (Lipinski definition) is 3. The first-order valence-corrected chi connectivity index (χ1v) is 9.62. The van der Waals surface area contributed by atoms with Gasteiger partial charge in [0.1, 0.15) is 12.6 Å². The number of carboxylic acids is 1. The SMILES string of the molecule is CCNC(=O)CCC(NC(=O)OCC1c2ccccc2-c2ccccc21)C(=O)O. The van der Waals surface area contributed by atoms with Gasteiger partial charge >= 0.3 is 12.1 Å². The molecular formula is C22H24N2O5. The lowest BCUT2D eigenvalue weighted by Crippen LogP contribution is -2.42. The van der Waals surface area contributed by atoms with E-state index in [1.54, 1.807) is 6.92 Å². The Morgan fingerprint density at radius 3 is 2.17 bits per heavy atom. The fraction of sp³-hybridized carbons (Fsp3) is 0.318. The zero-order chi connectivity index (χ0) is 20.8. The number of fused-ring (bicyclic) bond motifs is 3. The number of hydrogen-bond acceptors (Lipinski definition) is 4. The second kappa shape index (κ2) is 9.23. The molecule has 29 heavy (non-hydrogen) atoms. The van der Waals surface area contributed by atoms with Crippen LogP contribution in [-0.2, 0) is 14.3 Å². The van der Waals surface area contributed by atoms with Crippen molar-refractivity contribution in [1.82, 2.24) is 10.6 Å². The quantitative estimate of drug-likeness (QED) is 0.636. The lowest BCUT2D eigenvalue weighted by molar-refractivity contribution is -0.139. The molecule has 2 aromatic carbocycles. The molecule has 1 unspecified atom stereocenters. The highest BCUT2D eigenvalue weighted by atomic mass is 16.5. The molecule has 0 aliphatic heterocycles. The number of carboxylic acid groups (broad SMARTS) is 1. The van der Waals surface area contributed by atoms with Gasteiger partial charge in [-0.05, 0) is 35.6 Å². The smallest absolute Gasteiger partial charge is 0.407 e. The van der Waals surface area contributed by atoms with Gasteiger partial charge in [-0.3, -0.25) is 4.79 Å². The molecule has 1 aliphatic carbocycles. The van der Waals surface area contributed by atoms with E-state index in [9.17, 15) is 19.5 Å². The summed E-state index contributed by atoms with van der Waals surface area (Å²) in [5.74, 6) is -1.57. The highest BCUT2D eigenvalue weighted by Crippen LogP contribution is 2.44. The lowest BCUT2D eigenvalue weighted by atomic mass is 9.98. The fourth-order valence-electron chi connectivity index (χ4n) is 3.60. The van der Waals surface area contributed by atoms with Crippen molar-refractivity contribution in [2.75, 3.05) is 13.2 Å². The lowest BCUT2D eigenvalue weighted by Gasteiger charge is -2.17. The number of nitrogens with one attached hydrogen (secondary N) is 2. The summed E-state index contributed by atoms with van der Waals surface area (Å²) >= 11 is 0. The van der Waals surface area contributed by atoms with Gasteiger partial charge in [0.2, 0.25) is 5.91 Å². The van der Waals surface area contributed by atoms with Crippen LogP contribution in [-0.4, -0.2) is 42.3 Å². The maximum Gasteiger partial charge on any atom is 0.407 e. The standard InChI is InChI=1S/C22H24N2O5/c1-2-23-20(25)12-11-19(21(26)27)24-22(28)29-13-18-16-9-5-3-7-14(16)15-8-4-6-10-17(15)18/h3-10,18-19H,2,11-13H2,1H3,(H,23,25)(H,24,28)(H,26,27). The molecular weight excluding hydrogens is 372 g/mol. The van der Waals surface area contributed by atoms with Gasteiger partial charge < -0.3 is 20.5 Å². The number of benzene rings is 2. The molecule has 3 rings (SSSR count). The van der Waals surface area contributed by atoms with Crippen LogP contribution in [0.3, 0.4) is 0 Å². The second-order valence-corrected chi connectivity index (χ2v) is 6.85. The third-order valence-electron chi connectivity index (χ3n) is 4.97. The van der Waals surface area contributed by atoms with Crippen LogP contribution in [0.1, 0.15) is 36.8 Å². The largest absolute Gasteiger partial charge is 0.480 e. The molecule has 1 atom stereocenters. The predicted octanol–water partition coefficient (Wildman–Crippen LogP) is 2.89. The van der Waals surface area contributed by atoms with Crippen LogP contribution in [0, 0.1) is 0 Å². The van der Waals surface area contributed by atoms with E-state index in [-0.39, 0.29) is 31.3 Å². The summed E-state index contributed by atoms with van der Waals surface area (Å²) in [7, 11) is 0. The van der Waals surface area contributed by atoms with E-state index in [1.807, 2.05) is 48.5 Å². The van der Waals surface area contributed by atoms with Crippen molar-refractivity contribution in [2.24, 2.45) is 0 Å². The maximum atomic E-state index is 12.2. The van der Waals surface area contributed by atoms with E-state index in [0.29, 0.717) is 6.54 Å². The van der Waals surface area contributed by atoms with Gasteiger partial charge in [0, 0.05) is 18.9 Å². The van der Waals surface area contributed by atoms with Crippen LogP contribution in [0.4, 0.5) is 4.79 Å². The highest BCUT2D eigenvalue weighted by Gasteiger charge is 2.29. The van der Waals surface area contributed by atoms with Gasteiger partial charge in [0.25, 0.3) is 0 Å². The van der Waals surface area contributed by atoms with E-state index in [2.05, 4.69) is 10.6 Å². The van der Waals surface area contributed by atoms with Gasteiger partial charge in [-0.15, -0.1) is 0 Å². The first kappa shape index (κ1) is 20.4. The zero-order valence-corrected chi connectivity index (χ0v) is 16.2.